The highest BCUT2D eigenvalue weighted by molar-refractivity contribution is 7.01. The molecular formula is C65H71BN2O. The molecule has 4 heteroatoms. The van der Waals surface area contributed by atoms with Crippen LogP contribution >= 0.6 is 0 Å². The molecule has 0 amide bonds. The summed E-state index contributed by atoms with van der Waals surface area (Å²) in [6.07, 6.45) is 8.42. The van der Waals surface area contributed by atoms with E-state index in [1.54, 1.807) is 5.56 Å². The van der Waals surface area contributed by atoms with Gasteiger partial charge in [0.15, 0.2) is 0 Å². The molecule has 69 heavy (non-hydrogen) atoms. The van der Waals surface area contributed by atoms with Crippen LogP contribution in [0.25, 0.3) is 22.1 Å². The van der Waals surface area contributed by atoms with Crippen molar-refractivity contribution in [1.82, 2.24) is 0 Å². The third kappa shape index (κ3) is 6.05. The Balaban J connectivity index is 1.17. The Morgan fingerprint density at radius 1 is 0.464 bits per heavy atom. The predicted octanol–water partition coefficient (Wildman–Crippen LogP) is 15.9. The number of nitrogens with zero attached hydrogens (tertiary/aromatic N) is 2. The normalized spacial score (nSPS) is 23.8. The van der Waals surface area contributed by atoms with Crippen molar-refractivity contribution >= 4 is 68.4 Å². The molecule has 13 rings (SSSR count). The Morgan fingerprint density at radius 3 is 1.58 bits per heavy atom. The summed E-state index contributed by atoms with van der Waals surface area (Å²) in [6.45, 7) is 31.7. The van der Waals surface area contributed by atoms with Crippen LogP contribution in [0.15, 0.2) is 114 Å². The van der Waals surface area contributed by atoms with Crippen molar-refractivity contribution in [1.29, 1.82) is 0 Å². The highest BCUT2D eigenvalue weighted by atomic mass is 16.4. The number of anilines is 6. The molecule has 2 unspecified atom stereocenters. The molecule has 0 N–H and O–H groups in total. The zero-order chi connectivity index (χ0) is 48.2. The molecule has 1 saturated carbocycles. The highest BCUT2D eigenvalue weighted by Crippen LogP contribution is 2.62. The molecule has 6 aliphatic rings. The first kappa shape index (κ1) is 43.5. The van der Waals surface area contributed by atoms with Crippen molar-refractivity contribution < 1.29 is 4.42 Å². The average molecular weight is 907 g/mol. The van der Waals surface area contributed by atoms with E-state index >= 15 is 0 Å². The van der Waals surface area contributed by atoms with Crippen LogP contribution in [0.2, 0.25) is 0 Å². The van der Waals surface area contributed by atoms with Gasteiger partial charge in [-0.25, -0.2) is 0 Å². The third-order valence-corrected chi connectivity index (χ3v) is 19.3. The first-order chi connectivity index (χ1) is 32.5. The van der Waals surface area contributed by atoms with E-state index in [2.05, 4.69) is 209 Å². The van der Waals surface area contributed by atoms with Crippen molar-refractivity contribution in [2.24, 2.45) is 0 Å². The van der Waals surface area contributed by atoms with Gasteiger partial charge in [0.25, 0.3) is 6.71 Å². The van der Waals surface area contributed by atoms with Crippen LogP contribution in [0.4, 0.5) is 34.3 Å². The smallest absolute Gasteiger partial charge is 0.257 e. The molecule has 4 aliphatic carbocycles. The number of furan rings is 1. The molecule has 7 aromatic rings. The van der Waals surface area contributed by atoms with Gasteiger partial charge >= 0.3 is 0 Å². The molecule has 3 heterocycles. The fraction of sp³-hybridized carbons (Fsp3) is 0.415. The fourth-order valence-electron chi connectivity index (χ4n) is 14.8. The maximum absolute atomic E-state index is 7.64. The molecular weight excluding hydrogens is 836 g/mol. The Kier molecular flexibility index (Phi) is 8.63. The van der Waals surface area contributed by atoms with Gasteiger partial charge in [0.1, 0.15) is 5.58 Å². The van der Waals surface area contributed by atoms with Crippen molar-refractivity contribution in [2.75, 3.05) is 9.80 Å². The van der Waals surface area contributed by atoms with Crippen LogP contribution in [-0.2, 0) is 37.9 Å². The van der Waals surface area contributed by atoms with Crippen LogP contribution in [-0.4, -0.2) is 6.71 Å². The van der Waals surface area contributed by atoms with Crippen LogP contribution < -0.4 is 26.2 Å². The minimum Gasteiger partial charge on any atom is -0.440 e. The van der Waals surface area contributed by atoms with E-state index in [4.69, 9.17) is 4.42 Å². The number of rotatable bonds is 3. The van der Waals surface area contributed by atoms with Crippen LogP contribution in [0.5, 0.6) is 0 Å². The summed E-state index contributed by atoms with van der Waals surface area (Å²) in [7, 11) is 0. The van der Waals surface area contributed by atoms with Crippen molar-refractivity contribution in [2.45, 2.75) is 173 Å². The van der Waals surface area contributed by atoms with Gasteiger partial charge in [-0.1, -0.05) is 145 Å². The standard InChI is InChI=1S/C65H71BN2O/c1-59(2,3)41-19-24-52-51(33-41)66-56-44-36-49-50(65(13)30-29-64(49,12)38-65)37-55(44)69-58(56)68(43-21-23-46-48(35-43)63(10,11)28-26-61(46,6)7)54-32-40(39-17-15-14-16-18-39)31-53(57(54)66)67(52)42-20-22-45-47(34-42)62(8,9)27-25-60(45,4)5/h14-24,31-37H,25-30,38H2,1-13H3. The molecule has 2 atom stereocenters. The van der Waals surface area contributed by atoms with Gasteiger partial charge in [-0.3, -0.25) is 4.90 Å². The molecule has 0 saturated heterocycles. The monoisotopic (exact) mass is 907 g/mol. The molecule has 0 spiro atoms. The van der Waals surface area contributed by atoms with Crippen LogP contribution in [0.1, 0.15) is 174 Å². The van der Waals surface area contributed by atoms with E-state index < -0.39 is 0 Å². The number of hydrogen-bond donors (Lipinski definition) is 0. The summed E-state index contributed by atoms with van der Waals surface area (Å²) in [6, 6.07) is 43.6. The maximum atomic E-state index is 7.64. The molecule has 6 aromatic carbocycles. The van der Waals surface area contributed by atoms with E-state index in [0.29, 0.717) is 0 Å². The van der Waals surface area contributed by atoms with E-state index in [1.807, 2.05) is 0 Å². The molecule has 0 radical (unpaired) electrons. The Labute approximate surface area is 412 Å². The van der Waals surface area contributed by atoms with Gasteiger partial charge in [-0.15, -0.1) is 0 Å². The lowest BCUT2D eigenvalue weighted by molar-refractivity contribution is 0.332. The Bertz CT molecular complexity index is 3360. The van der Waals surface area contributed by atoms with E-state index in [-0.39, 0.29) is 44.6 Å². The van der Waals surface area contributed by atoms with Gasteiger partial charge < -0.3 is 9.32 Å². The second-order valence-electron chi connectivity index (χ2n) is 26.9. The minimum atomic E-state index is -0.0538. The molecule has 350 valence electrons. The molecule has 2 aliphatic heterocycles. The summed E-state index contributed by atoms with van der Waals surface area (Å²) in [5, 5.41) is 1.28. The van der Waals surface area contributed by atoms with Crippen molar-refractivity contribution in [3.8, 4) is 11.1 Å². The summed E-state index contributed by atoms with van der Waals surface area (Å²) in [4.78, 5) is 5.22. The first-order valence-corrected chi connectivity index (χ1v) is 26.4. The number of benzene rings is 6. The predicted molar refractivity (Wildman–Crippen MR) is 293 cm³/mol. The lowest BCUT2D eigenvalue weighted by atomic mass is 9.33. The van der Waals surface area contributed by atoms with Crippen molar-refractivity contribution in [3.63, 3.8) is 0 Å². The quantitative estimate of drug-likeness (QED) is 0.165. The van der Waals surface area contributed by atoms with Crippen molar-refractivity contribution in [3.05, 3.63) is 148 Å². The topological polar surface area (TPSA) is 19.6 Å². The molecule has 1 fully saturated rings. The van der Waals surface area contributed by atoms with Crippen LogP contribution in [0.3, 0.4) is 0 Å². The summed E-state index contributed by atoms with van der Waals surface area (Å²) >= 11 is 0. The average Bonchev–Trinajstić information content (AvgIpc) is 3.92. The van der Waals surface area contributed by atoms with Gasteiger partial charge in [0.05, 0.1) is 0 Å². The van der Waals surface area contributed by atoms with Gasteiger partial charge in [-0.2, -0.15) is 0 Å². The van der Waals surface area contributed by atoms with E-state index in [9.17, 15) is 0 Å². The number of hydrogen-bond acceptors (Lipinski definition) is 3. The zero-order valence-electron chi connectivity index (χ0n) is 43.7. The Hall–Kier alpha value is -5.48. The largest absolute Gasteiger partial charge is 0.440 e. The lowest BCUT2D eigenvalue weighted by Crippen LogP contribution is -2.61. The van der Waals surface area contributed by atoms with Gasteiger partial charge in [0.2, 0.25) is 5.88 Å². The third-order valence-electron chi connectivity index (χ3n) is 19.3. The number of fused-ring (bicyclic) bond motifs is 13. The summed E-state index contributed by atoms with van der Waals surface area (Å²) in [5.41, 5.74) is 24.6. The highest BCUT2D eigenvalue weighted by Gasteiger charge is 2.54. The van der Waals surface area contributed by atoms with Gasteiger partial charge in [-0.05, 0) is 198 Å². The lowest BCUT2D eigenvalue weighted by Gasteiger charge is -2.45. The first-order valence-electron chi connectivity index (χ1n) is 26.4. The summed E-state index contributed by atoms with van der Waals surface area (Å²) in [5.74, 6) is 0.969. The summed E-state index contributed by atoms with van der Waals surface area (Å²) < 4.78 is 7.64. The van der Waals surface area contributed by atoms with E-state index in [0.717, 1.165) is 17.9 Å². The SMILES string of the molecule is CC(C)(C)c1ccc2c(c1)B1c3c(cc(-c4ccccc4)cc3N(c3ccc4c(c3)C(C)(C)CCC4(C)C)c3oc4cc5c(cc4c31)C1(C)CCC5(C)C1)N2c1ccc2c(c1)C(C)(C)CCC2(C)C. The van der Waals surface area contributed by atoms with Gasteiger partial charge in [0, 0.05) is 39.3 Å². The molecule has 2 bridgehead atoms. The zero-order valence-corrected chi connectivity index (χ0v) is 43.7. The fourth-order valence-corrected chi connectivity index (χ4v) is 14.8. The van der Waals surface area contributed by atoms with Crippen LogP contribution in [0, 0.1) is 0 Å². The Morgan fingerprint density at radius 2 is 1.00 bits per heavy atom. The maximum Gasteiger partial charge on any atom is 0.257 e. The second kappa shape index (κ2) is 13.7. The second-order valence-corrected chi connectivity index (χ2v) is 26.9. The van der Waals surface area contributed by atoms with E-state index in [1.165, 1.54) is 133 Å². The minimum absolute atomic E-state index is 0.0417. The molecule has 1 aromatic heterocycles. The molecule has 3 nitrogen and oxygen atoms in total.